The summed E-state index contributed by atoms with van der Waals surface area (Å²) in [5.74, 6) is 0.0384. The van der Waals surface area contributed by atoms with E-state index in [4.69, 9.17) is 5.73 Å². The van der Waals surface area contributed by atoms with E-state index in [0.717, 1.165) is 24.1 Å². The lowest BCUT2D eigenvalue weighted by atomic mass is 10.0. The van der Waals surface area contributed by atoms with Crippen LogP contribution in [0.3, 0.4) is 0 Å². The molecule has 154 valence electrons. The van der Waals surface area contributed by atoms with E-state index in [2.05, 4.69) is 17.0 Å². The highest BCUT2D eigenvalue weighted by Gasteiger charge is 2.28. The van der Waals surface area contributed by atoms with Crippen LogP contribution in [0.15, 0.2) is 54.6 Å². The summed E-state index contributed by atoms with van der Waals surface area (Å²) < 4.78 is 0. The second-order valence-corrected chi connectivity index (χ2v) is 7.01. The number of nitrogen functional groups attached to an aromatic ring is 1. The monoisotopic (exact) mass is 425 g/mol. The fourth-order valence-corrected chi connectivity index (χ4v) is 3.51. The fourth-order valence-electron chi connectivity index (χ4n) is 3.51. The van der Waals surface area contributed by atoms with E-state index in [1.807, 2.05) is 54.4 Å². The molecule has 7 heteroatoms. The van der Waals surface area contributed by atoms with Crippen LogP contribution in [-0.4, -0.2) is 53.6 Å². The molecule has 0 bridgehead atoms. The first-order chi connectivity index (χ1) is 12.5. The number of amides is 1. The molecule has 3 rings (SSSR count). The van der Waals surface area contributed by atoms with Crippen molar-refractivity contribution in [2.75, 3.05) is 32.4 Å². The smallest absolute Gasteiger partial charge is 0.227 e. The molecule has 1 aliphatic rings. The van der Waals surface area contributed by atoms with E-state index in [1.165, 1.54) is 0 Å². The predicted molar refractivity (Wildman–Crippen MR) is 118 cm³/mol. The molecule has 0 radical (unpaired) electrons. The molecule has 5 nitrogen and oxygen atoms in total. The van der Waals surface area contributed by atoms with E-state index >= 15 is 0 Å². The lowest BCUT2D eigenvalue weighted by Gasteiger charge is -2.32. The van der Waals surface area contributed by atoms with Gasteiger partial charge in [-0.1, -0.05) is 48.5 Å². The molecule has 1 aliphatic heterocycles. The second kappa shape index (κ2) is 11.3. The number of likely N-dealkylation sites (N-methyl/N-ethyl adjacent to an activating group) is 1. The van der Waals surface area contributed by atoms with Gasteiger partial charge >= 0.3 is 0 Å². The molecule has 1 fully saturated rings. The number of aliphatic hydroxyl groups excluding tert-OH is 1. The number of nitrogens with zero attached hydrogens (tertiary/aromatic N) is 2. The van der Waals surface area contributed by atoms with E-state index in [-0.39, 0.29) is 49.3 Å². The molecule has 0 saturated carbocycles. The fraction of sp³-hybridized carbons (Fsp3) is 0.381. The molecule has 0 aromatic heterocycles. The van der Waals surface area contributed by atoms with Crippen molar-refractivity contribution in [3.05, 3.63) is 65.7 Å². The highest BCUT2D eigenvalue weighted by molar-refractivity contribution is 5.85. The summed E-state index contributed by atoms with van der Waals surface area (Å²) >= 11 is 0. The summed E-state index contributed by atoms with van der Waals surface area (Å²) in [7, 11) is 1.85. The molecule has 2 aromatic rings. The zero-order valence-electron chi connectivity index (χ0n) is 16.0. The zero-order valence-corrected chi connectivity index (χ0v) is 17.7. The molecular formula is C21H29Cl2N3O2. The maximum Gasteiger partial charge on any atom is 0.227 e. The maximum absolute atomic E-state index is 12.9. The number of aliphatic hydroxyl groups is 1. The number of likely N-dealkylation sites (tertiary alicyclic amines) is 1. The van der Waals surface area contributed by atoms with Crippen LogP contribution in [0.4, 0.5) is 5.69 Å². The van der Waals surface area contributed by atoms with E-state index in [9.17, 15) is 9.90 Å². The highest BCUT2D eigenvalue weighted by Crippen LogP contribution is 2.24. The molecule has 1 saturated heterocycles. The van der Waals surface area contributed by atoms with Gasteiger partial charge in [-0.25, -0.2) is 0 Å². The Morgan fingerprint density at radius 3 is 2.43 bits per heavy atom. The lowest BCUT2D eigenvalue weighted by Crippen LogP contribution is -2.39. The summed E-state index contributed by atoms with van der Waals surface area (Å²) in [6.45, 7) is 2.24. The van der Waals surface area contributed by atoms with Crippen LogP contribution in [0.25, 0.3) is 0 Å². The highest BCUT2D eigenvalue weighted by atomic mass is 35.5. The Bertz CT molecular complexity index is 745. The van der Waals surface area contributed by atoms with Crippen LogP contribution in [0, 0.1) is 0 Å². The Balaban J connectivity index is 0.00000196. The molecular weight excluding hydrogens is 397 g/mol. The van der Waals surface area contributed by atoms with Gasteiger partial charge in [-0.3, -0.25) is 9.69 Å². The van der Waals surface area contributed by atoms with Crippen LogP contribution in [0.5, 0.6) is 0 Å². The molecule has 1 amide bonds. The summed E-state index contributed by atoms with van der Waals surface area (Å²) in [6.07, 6.45) is 0.811. The van der Waals surface area contributed by atoms with Gasteiger partial charge in [0.2, 0.25) is 5.91 Å². The Kier molecular flexibility index (Phi) is 9.76. The minimum absolute atomic E-state index is 0. The third-order valence-electron chi connectivity index (χ3n) is 5.12. The van der Waals surface area contributed by atoms with E-state index in [1.54, 1.807) is 0 Å². The number of para-hydroxylation sites is 1. The molecule has 28 heavy (non-hydrogen) atoms. The van der Waals surface area contributed by atoms with Crippen LogP contribution in [0.1, 0.15) is 23.6 Å². The normalized spacial score (nSPS) is 17.3. The lowest BCUT2D eigenvalue weighted by molar-refractivity contribution is -0.131. The van der Waals surface area contributed by atoms with Crippen LogP contribution < -0.4 is 5.73 Å². The Labute approximate surface area is 179 Å². The van der Waals surface area contributed by atoms with Gasteiger partial charge in [-0.15, -0.1) is 24.8 Å². The standard InChI is InChI=1S/C21H27N3O2.2ClH/c1-23(21(26)13-17-9-5-6-10-19(17)22)20(16-7-3-2-4-8-16)15-24-12-11-18(25)14-24;;/h2-10,18,20,25H,11-15,22H2,1H3;2*1H. The number of β-amino-alcohol motifs (C(OH)–C–C–N with tert-alkyl or cyclic N) is 1. The topological polar surface area (TPSA) is 69.8 Å². The van der Waals surface area contributed by atoms with Crippen molar-refractivity contribution < 1.29 is 9.90 Å². The Morgan fingerprint density at radius 2 is 1.82 bits per heavy atom. The van der Waals surface area contributed by atoms with Crippen molar-refractivity contribution in [3.63, 3.8) is 0 Å². The van der Waals surface area contributed by atoms with Gasteiger partial charge in [0, 0.05) is 32.4 Å². The van der Waals surface area contributed by atoms with Gasteiger partial charge in [0.15, 0.2) is 0 Å². The van der Waals surface area contributed by atoms with Crippen molar-refractivity contribution in [1.82, 2.24) is 9.80 Å². The summed E-state index contributed by atoms with van der Waals surface area (Å²) in [4.78, 5) is 17.0. The van der Waals surface area contributed by atoms with Crippen molar-refractivity contribution >= 4 is 36.4 Å². The minimum Gasteiger partial charge on any atom is -0.398 e. The van der Waals surface area contributed by atoms with Crippen LogP contribution in [-0.2, 0) is 11.2 Å². The van der Waals surface area contributed by atoms with Gasteiger partial charge in [0.05, 0.1) is 18.6 Å². The SMILES string of the molecule is CN(C(=O)Cc1ccccc1N)C(CN1CCC(O)C1)c1ccccc1.Cl.Cl. The number of carbonyl (C=O) groups excluding carboxylic acids is 1. The number of hydrogen-bond donors (Lipinski definition) is 2. The average Bonchev–Trinajstić information content (AvgIpc) is 3.06. The molecule has 2 aromatic carbocycles. The summed E-state index contributed by atoms with van der Waals surface area (Å²) in [5.41, 5.74) is 8.60. The van der Waals surface area contributed by atoms with Crippen molar-refractivity contribution in [2.45, 2.75) is 25.0 Å². The number of hydrogen-bond acceptors (Lipinski definition) is 4. The number of halogens is 2. The number of rotatable bonds is 6. The molecule has 0 spiro atoms. The van der Waals surface area contributed by atoms with Gasteiger partial charge in [0.25, 0.3) is 0 Å². The van der Waals surface area contributed by atoms with Crippen LogP contribution >= 0.6 is 24.8 Å². The Morgan fingerprint density at radius 1 is 1.18 bits per heavy atom. The molecule has 0 aliphatic carbocycles. The molecule has 1 heterocycles. The second-order valence-electron chi connectivity index (χ2n) is 7.01. The first-order valence-corrected chi connectivity index (χ1v) is 9.09. The third kappa shape index (κ3) is 6.11. The van der Waals surface area contributed by atoms with Gasteiger partial charge < -0.3 is 15.7 Å². The average molecular weight is 426 g/mol. The number of nitrogens with two attached hydrogens (primary N) is 1. The third-order valence-corrected chi connectivity index (χ3v) is 5.12. The first kappa shape index (κ1) is 24.2. The number of carbonyl (C=O) groups is 1. The first-order valence-electron chi connectivity index (χ1n) is 9.09. The number of benzene rings is 2. The largest absolute Gasteiger partial charge is 0.398 e. The van der Waals surface area contributed by atoms with Gasteiger partial charge in [0.1, 0.15) is 0 Å². The summed E-state index contributed by atoms with van der Waals surface area (Å²) in [5, 5.41) is 9.82. The van der Waals surface area contributed by atoms with Gasteiger partial charge in [-0.05, 0) is 23.6 Å². The maximum atomic E-state index is 12.9. The number of anilines is 1. The minimum atomic E-state index is -0.267. The summed E-state index contributed by atoms with van der Waals surface area (Å²) in [6, 6.07) is 17.5. The molecule has 2 unspecified atom stereocenters. The molecule has 3 N–H and O–H groups in total. The zero-order chi connectivity index (χ0) is 18.5. The van der Waals surface area contributed by atoms with Crippen molar-refractivity contribution in [3.8, 4) is 0 Å². The van der Waals surface area contributed by atoms with Crippen molar-refractivity contribution in [1.29, 1.82) is 0 Å². The molecule has 2 atom stereocenters. The van der Waals surface area contributed by atoms with Gasteiger partial charge in [-0.2, -0.15) is 0 Å². The van der Waals surface area contributed by atoms with E-state index in [0.29, 0.717) is 18.8 Å². The van der Waals surface area contributed by atoms with Crippen molar-refractivity contribution in [2.24, 2.45) is 0 Å². The predicted octanol–water partition coefficient (Wildman–Crippen LogP) is 2.92. The Hall–Kier alpha value is -1.79. The quantitative estimate of drug-likeness (QED) is 0.697. The van der Waals surface area contributed by atoms with E-state index < -0.39 is 0 Å². The van der Waals surface area contributed by atoms with Crippen LogP contribution in [0.2, 0.25) is 0 Å².